The molecule has 0 bridgehead atoms. The van der Waals surface area contributed by atoms with E-state index in [0.717, 1.165) is 33.8 Å². The van der Waals surface area contributed by atoms with Crippen molar-refractivity contribution in [1.82, 2.24) is 10.2 Å². The molecule has 200 valence electrons. The first kappa shape index (κ1) is 25.7. The molecule has 5 rings (SSSR count). The van der Waals surface area contributed by atoms with Gasteiger partial charge in [-0.3, -0.25) is 9.69 Å². The number of esters is 1. The molecule has 37 heavy (non-hydrogen) atoms. The smallest absolute Gasteiger partial charge is 0.434 e. The number of nitrogens with one attached hydrogen (secondary N) is 1. The van der Waals surface area contributed by atoms with Crippen LogP contribution in [0.3, 0.4) is 0 Å². The monoisotopic (exact) mass is 530 g/mol. The lowest BCUT2D eigenvalue weighted by Crippen LogP contribution is -2.58. The maximum atomic E-state index is 13.1. The molecule has 2 aromatic carbocycles. The fourth-order valence-corrected chi connectivity index (χ4v) is 5.09. The largest absolute Gasteiger partial charge is 0.493 e. The van der Waals surface area contributed by atoms with Crippen molar-refractivity contribution in [3.8, 4) is 11.5 Å². The average molecular weight is 530 g/mol. The van der Waals surface area contributed by atoms with Crippen molar-refractivity contribution >= 4 is 5.97 Å². The summed E-state index contributed by atoms with van der Waals surface area (Å²) in [6.07, 6.45) is -14.5. The number of fused-ring (bicyclic) bond motifs is 2. The zero-order valence-electron chi connectivity index (χ0n) is 19.5. The maximum absolute atomic E-state index is 13.1. The Labute approximate surface area is 208 Å². The van der Waals surface area contributed by atoms with Gasteiger partial charge in [-0.05, 0) is 34.4 Å². The van der Waals surface area contributed by atoms with Gasteiger partial charge < -0.3 is 19.5 Å². The average Bonchev–Trinajstić information content (AvgIpc) is 3.50. The Morgan fingerprint density at radius 2 is 1.46 bits per heavy atom. The molecule has 0 radical (unpaired) electrons. The minimum atomic E-state index is -5.79. The SMILES string of the molecule is O=C(OC(C(F)(F)F)C(F)(F)F)C1CNCCN1C(c1ccc2c(c1)CCO2)c1ccc2c(c1)CCO2. The van der Waals surface area contributed by atoms with E-state index in [0.29, 0.717) is 32.6 Å². The van der Waals surface area contributed by atoms with Crippen molar-refractivity contribution in [2.24, 2.45) is 0 Å². The molecular formula is C25H24F6N2O4. The zero-order chi connectivity index (χ0) is 26.4. The highest BCUT2D eigenvalue weighted by Gasteiger charge is 2.60. The van der Waals surface area contributed by atoms with Crippen molar-refractivity contribution < 1.29 is 45.3 Å². The Morgan fingerprint density at radius 3 is 1.97 bits per heavy atom. The van der Waals surface area contributed by atoms with Crippen LogP contribution in [0.1, 0.15) is 28.3 Å². The molecule has 0 spiro atoms. The van der Waals surface area contributed by atoms with Crippen LogP contribution in [0, 0.1) is 0 Å². The summed E-state index contributed by atoms with van der Waals surface area (Å²) >= 11 is 0. The van der Waals surface area contributed by atoms with E-state index >= 15 is 0 Å². The van der Waals surface area contributed by atoms with Crippen molar-refractivity contribution in [3.05, 3.63) is 58.7 Å². The fourth-order valence-electron chi connectivity index (χ4n) is 5.09. The molecule has 0 aliphatic carbocycles. The predicted molar refractivity (Wildman–Crippen MR) is 118 cm³/mol. The van der Waals surface area contributed by atoms with E-state index in [9.17, 15) is 31.1 Å². The van der Waals surface area contributed by atoms with Crippen LogP contribution in [-0.4, -0.2) is 68.2 Å². The van der Waals surface area contributed by atoms with Crippen molar-refractivity contribution in [2.75, 3.05) is 32.8 Å². The summed E-state index contributed by atoms with van der Waals surface area (Å²) in [5.41, 5.74) is 3.36. The minimum Gasteiger partial charge on any atom is -0.493 e. The van der Waals surface area contributed by atoms with Gasteiger partial charge in [-0.2, -0.15) is 26.3 Å². The second-order valence-corrected chi connectivity index (χ2v) is 9.19. The number of ether oxygens (including phenoxy) is 3. The van der Waals surface area contributed by atoms with Gasteiger partial charge >= 0.3 is 18.3 Å². The molecule has 3 aliphatic heterocycles. The topological polar surface area (TPSA) is 60.0 Å². The Hall–Kier alpha value is -2.99. The number of hydrogen-bond donors (Lipinski definition) is 1. The van der Waals surface area contributed by atoms with E-state index in [-0.39, 0.29) is 13.1 Å². The summed E-state index contributed by atoms with van der Waals surface area (Å²) in [5.74, 6) is -0.149. The van der Waals surface area contributed by atoms with Gasteiger partial charge in [0, 0.05) is 32.5 Å². The summed E-state index contributed by atoms with van der Waals surface area (Å²) in [6, 6.07) is 8.99. The summed E-state index contributed by atoms with van der Waals surface area (Å²) in [4.78, 5) is 14.5. The molecule has 1 fully saturated rings. The van der Waals surface area contributed by atoms with E-state index < -0.39 is 36.5 Å². The fraction of sp³-hybridized carbons (Fsp3) is 0.480. The molecule has 0 saturated carbocycles. The number of rotatable bonds is 5. The lowest BCUT2D eigenvalue weighted by Gasteiger charge is -2.41. The third-order valence-corrected chi connectivity index (χ3v) is 6.78. The lowest BCUT2D eigenvalue weighted by atomic mass is 9.91. The second-order valence-electron chi connectivity index (χ2n) is 9.19. The highest BCUT2D eigenvalue weighted by atomic mass is 19.4. The highest BCUT2D eigenvalue weighted by molar-refractivity contribution is 5.77. The number of piperazine rings is 1. The van der Waals surface area contributed by atoms with E-state index in [1.807, 2.05) is 12.1 Å². The number of halogens is 6. The Morgan fingerprint density at radius 1 is 0.919 bits per heavy atom. The molecule has 0 aromatic heterocycles. The summed E-state index contributed by atoms with van der Waals surface area (Å²) in [7, 11) is 0. The first-order valence-electron chi connectivity index (χ1n) is 11.8. The molecule has 1 N–H and O–H groups in total. The number of carbonyl (C=O) groups excluding carboxylic acids is 1. The second kappa shape index (κ2) is 9.71. The van der Waals surface area contributed by atoms with Crippen LogP contribution in [0.15, 0.2) is 36.4 Å². The minimum absolute atomic E-state index is 0.167. The zero-order valence-corrected chi connectivity index (χ0v) is 19.5. The van der Waals surface area contributed by atoms with Gasteiger partial charge in [0.15, 0.2) is 0 Å². The number of hydrogen-bond acceptors (Lipinski definition) is 6. The third kappa shape index (κ3) is 5.22. The molecule has 1 atom stereocenters. The lowest BCUT2D eigenvalue weighted by molar-refractivity contribution is -0.314. The van der Waals surface area contributed by atoms with Crippen LogP contribution in [0.25, 0.3) is 0 Å². The molecule has 1 saturated heterocycles. The van der Waals surface area contributed by atoms with Gasteiger partial charge in [0.1, 0.15) is 17.5 Å². The first-order valence-corrected chi connectivity index (χ1v) is 11.8. The molecule has 3 heterocycles. The summed E-state index contributed by atoms with van der Waals surface area (Å²) < 4.78 is 94.1. The maximum Gasteiger partial charge on any atom is 0.434 e. The van der Waals surface area contributed by atoms with Crippen LogP contribution in [0.2, 0.25) is 0 Å². The number of alkyl halides is 6. The van der Waals surface area contributed by atoms with Crippen molar-refractivity contribution in [2.45, 2.75) is 43.4 Å². The van der Waals surface area contributed by atoms with Crippen LogP contribution < -0.4 is 14.8 Å². The standard InChI is InChI=1S/C25H24F6N2O4/c26-24(27,28)23(25(29,30)31)37-22(34)18-13-32-7-8-33(18)21(16-1-3-19-14(11-16)5-9-35-19)17-2-4-20-15(12-17)6-10-36-20/h1-4,11-12,18,21,23,32H,5-10,13H2. The third-order valence-electron chi connectivity index (χ3n) is 6.78. The normalized spacial score (nSPS) is 19.9. The van der Waals surface area contributed by atoms with Crippen LogP contribution >= 0.6 is 0 Å². The molecule has 12 heteroatoms. The Balaban J connectivity index is 1.52. The van der Waals surface area contributed by atoms with Crippen molar-refractivity contribution in [3.63, 3.8) is 0 Å². The number of nitrogens with zero attached hydrogens (tertiary/aromatic N) is 1. The quantitative estimate of drug-likeness (QED) is 0.467. The van der Waals surface area contributed by atoms with Crippen LogP contribution in [0.4, 0.5) is 26.3 Å². The number of carbonyl (C=O) groups is 1. The molecular weight excluding hydrogens is 506 g/mol. The van der Waals surface area contributed by atoms with Gasteiger partial charge in [-0.1, -0.05) is 24.3 Å². The molecule has 1 unspecified atom stereocenters. The van der Waals surface area contributed by atoms with Crippen molar-refractivity contribution in [1.29, 1.82) is 0 Å². The van der Waals surface area contributed by atoms with E-state index in [4.69, 9.17) is 9.47 Å². The van der Waals surface area contributed by atoms with Gasteiger partial charge in [-0.15, -0.1) is 0 Å². The van der Waals surface area contributed by atoms with Crippen LogP contribution in [-0.2, 0) is 22.4 Å². The van der Waals surface area contributed by atoms with E-state index in [2.05, 4.69) is 10.1 Å². The first-order chi connectivity index (χ1) is 17.5. The molecule has 0 amide bonds. The van der Waals surface area contributed by atoms with Crippen LogP contribution in [0.5, 0.6) is 11.5 Å². The van der Waals surface area contributed by atoms with Gasteiger partial charge in [-0.25, -0.2) is 0 Å². The predicted octanol–water partition coefficient (Wildman–Crippen LogP) is 3.96. The summed E-state index contributed by atoms with van der Waals surface area (Å²) in [6.45, 7) is 1.43. The molecule has 6 nitrogen and oxygen atoms in total. The molecule has 3 aliphatic rings. The van der Waals surface area contributed by atoms with Gasteiger partial charge in [0.05, 0.1) is 19.3 Å². The van der Waals surface area contributed by atoms with Gasteiger partial charge in [0.2, 0.25) is 0 Å². The van der Waals surface area contributed by atoms with E-state index in [1.165, 1.54) is 0 Å². The highest BCUT2D eigenvalue weighted by Crippen LogP contribution is 2.39. The Bertz CT molecular complexity index is 1100. The van der Waals surface area contributed by atoms with Gasteiger partial charge in [0.25, 0.3) is 6.10 Å². The van der Waals surface area contributed by atoms with E-state index in [1.54, 1.807) is 29.2 Å². The molecule has 2 aromatic rings. The summed E-state index contributed by atoms with van der Waals surface area (Å²) in [5, 5.41) is 2.89. The Kier molecular flexibility index (Phi) is 6.73. The number of benzene rings is 2.